The van der Waals surface area contributed by atoms with Gasteiger partial charge in [0.1, 0.15) is 11.3 Å². The standard InChI is InChI=1S/C21H14N2O/c1-3-8-15(9-4-1)17-12-7-13-18-20(17)23-19(24-18)14-22-21(23)16-10-5-2-6-11-16/h1-14H. The molecule has 0 saturated heterocycles. The summed E-state index contributed by atoms with van der Waals surface area (Å²) in [5, 5.41) is 0. The van der Waals surface area contributed by atoms with E-state index in [0.29, 0.717) is 0 Å². The first-order valence-corrected chi connectivity index (χ1v) is 7.91. The second-order valence-electron chi connectivity index (χ2n) is 5.74. The van der Waals surface area contributed by atoms with Crippen LogP contribution in [0.2, 0.25) is 0 Å². The minimum atomic E-state index is 0.757. The summed E-state index contributed by atoms with van der Waals surface area (Å²) >= 11 is 0. The van der Waals surface area contributed by atoms with Crippen molar-refractivity contribution in [2.45, 2.75) is 0 Å². The quantitative estimate of drug-likeness (QED) is 0.436. The van der Waals surface area contributed by atoms with Gasteiger partial charge >= 0.3 is 0 Å². The highest BCUT2D eigenvalue weighted by molar-refractivity contribution is 5.94. The number of hydrogen-bond acceptors (Lipinski definition) is 2. The molecule has 0 saturated carbocycles. The van der Waals surface area contributed by atoms with Crippen molar-refractivity contribution in [3.8, 4) is 22.5 Å². The molecule has 3 heteroatoms. The molecule has 3 aromatic carbocycles. The maximum absolute atomic E-state index is 6.02. The average Bonchev–Trinajstić information content (AvgIpc) is 3.22. The normalized spacial score (nSPS) is 11.3. The minimum Gasteiger partial charge on any atom is -0.436 e. The van der Waals surface area contributed by atoms with Crippen molar-refractivity contribution >= 4 is 16.8 Å². The van der Waals surface area contributed by atoms with Crippen molar-refractivity contribution in [2.75, 3.05) is 0 Å². The molecule has 0 aliphatic rings. The summed E-state index contributed by atoms with van der Waals surface area (Å²) in [6, 6.07) is 26.7. The number of oxazole rings is 1. The number of nitrogens with zero attached hydrogens (tertiary/aromatic N) is 2. The fourth-order valence-electron chi connectivity index (χ4n) is 3.21. The molecule has 0 unspecified atom stereocenters. The number of rotatable bonds is 2. The fraction of sp³-hybridized carbons (Fsp3) is 0. The Morgan fingerprint density at radius 3 is 2.17 bits per heavy atom. The van der Waals surface area contributed by atoms with Gasteiger partial charge in [-0.2, -0.15) is 0 Å². The Balaban J connectivity index is 1.90. The van der Waals surface area contributed by atoms with Crippen molar-refractivity contribution in [3.63, 3.8) is 0 Å². The van der Waals surface area contributed by atoms with E-state index in [-0.39, 0.29) is 0 Å². The van der Waals surface area contributed by atoms with E-state index in [4.69, 9.17) is 4.42 Å². The SMILES string of the molecule is c1ccc(-c2cccc3oc4cnc(-c5ccccc5)n4c23)cc1. The highest BCUT2D eigenvalue weighted by atomic mass is 16.3. The summed E-state index contributed by atoms with van der Waals surface area (Å²) in [6.45, 7) is 0. The van der Waals surface area contributed by atoms with Gasteiger partial charge in [-0.05, 0) is 11.6 Å². The Morgan fingerprint density at radius 1 is 0.708 bits per heavy atom. The molecular weight excluding hydrogens is 296 g/mol. The highest BCUT2D eigenvalue weighted by Crippen LogP contribution is 2.34. The van der Waals surface area contributed by atoms with Gasteiger partial charge < -0.3 is 4.42 Å². The van der Waals surface area contributed by atoms with Gasteiger partial charge in [0.25, 0.3) is 0 Å². The first-order valence-electron chi connectivity index (χ1n) is 7.91. The third kappa shape index (κ3) is 1.88. The lowest BCUT2D eigenvalue weighted by molar-refractivity contribution is 0.656. The molecule has 0 N–H and O–H groups in total. The van der Waals surface area contributed by atoms with Crippen molar-refractivity contribution in [1.82, 2.24) is 9.38 Å². The van der Waals surface area contributed by atoms with Crippen LogP contribution in [-0.4, -0.2) is 9.38 Å². The van der Waals surface area contributed by atoms with Gasteiger partial charge in [0.2, 0.25) is 5.71 Å². The van der Waals surface area contributed by atoms with Crippen molar-refractivity contribution in [3.05, 3.63) is 85.1 Å². The van der Waals surface area contributed by atoms with E-state index in [1.807, 2.05) is 36.4 Å². The number of imidazole rings is 1. The van der Waals surface area contributed by atoms with E-state index < -0.39 is 0 Å². The Hall–Kier alpha value is -3.33. The molecule has 2 aromatic heterocycles. The summed E-state index contributed by atoms with van der Waals surface area (Å²) in [5.74, 6) is 0.896. The molecule has 114 valence electrons. The molecule has 5 rings (SSSR count). The van der Waals surface area contributed by atoms with Crippen LogP contribution in [0.4, 0.5) is 0 Å². The van der Waals surface area contributed by atoms with E-state index in [1.165, 1.54) is 5.56 Å². The van der Waals surface area contributed by atoms with E-state index in [9.17, 15) is 0 Å². The van der Waals surface area contributed by atoms with Crippen LogP contribution in [0.5, 0.6) is 0 Å². The van der Waals surface area contributed by atoms with Crippen molar-refractivity contribution in [1.29, 1.82) is 0 Å². The molecule has 24 heavy (non-hydrogen) atoms. The maximum atomic E-state index is 6.02. The maximum Gasteiger partial charge on any atom is 0.225 e. The molecule has 0 spiro atoms. The number of benzene rings is 3. The van der Waals surface area contributed by atoms with Crippen LogP contribution in [0, 0.1) is 0 Å². The molecular formula is C21H14N2O. The molecule has 0 amide bonds. The predicted molar refractivity (Wildman–Crippen MR) is 95.8 cm³/mol. The summed E-state index contributed by atoms with van der Waals surface area (Å²) in [4.78, 5) is 4.58. The van der Waals surface area contributed by atoms with Crippen LogP contribution in [0.15, 0.2) is 89.5 Å². The van der Waals surface area contributed by atoms with Crippen LogP contribution in [0.3, 0.4) is 0 Å². The smallest absolute Gasteiger partial charge is 0.225 e. The first kappa shape index (κ1) is 13.1. The molecule has 0 aliphatic heterocycles. The summed E-state index contributed by atoms with van der Waals surface area (Å²) in [6.07, 6.45) is 1.79. The zero-order chi connectivity index (χ0) is 15.9. The minimum absolute atomic E-state index is 0.757. The van der Waals surface area contributed by atoms with Crippen LogP contribution in [0.1, 0.15) is 0 Å². The lowest BCUT2D eigenvalue weighted by Gasteiger charge is -2.05. The molecule has 2 heterocycles. The van der Waals surface area contributed by atoms with Gasteiger partial charge in [-0.3, -0.25) is 4.40 Å². The van der Waals surface area contributed by atoms with Gasteiger partial charge in [-0.25, -0.2) is 4.98 Å². The van der Waals surface area contributed by atoms with Crippen LogP contribution < -0.4 is 0 Å². The lowest BCUT2D eigenvalue weighted by atomic mass is 10.0. The van der Waals surface area contributed by atoms with Crippen molar-refractivity contribution in [2.24, 2.45) is 0 Å². The zero-order valence-electron chi connectivity index (χ0n) is 12.9. The van der Waals surface area contributed by atoms with Gasteiger partial charge in [0.05, 0.1) is 6.20 Å². The van der Waals surface area contributed by atoms with Crippen LogP contribution >= 0.6 is 0 Å². The summed E-state index contributed by atoms with van der Waals surface area (Å²) < 4.78 is 8.12. The number of aromatic nitrogens is 2. The molecule has 5 aromatic rings. The van der Waals surface area contributed by atoms with Gasteiger partial charge in [-0.1, -0.05) is 72.8 Å². The van der Waals surface area contributed by atoms with Gasteiger partial charge in [0, 0.05) is 11.1 Å². The second kappa shape index (κ2) is 5.10. The Morgan fingerprint density at radius 2 is 1.42 bits per heavy atom. The van der Waals surface area contributed by atoms with Crippen LogP contribution in [0.25, 0.3) is 39.3 Å². The van der Waals surface area contributed by atoms with E-state index in [2.05, 4.69) is 51.8 Å². The number of para-hydroxylation sites is 1. The Labute approximate surface area is 138 Å². The molecule has 0 bridgehead atoms. The first-order chi connectivity index (χ1) is 11.9. The molecule has 0 atom stereocenters. The third-order valence-corrected chi connectivity index (χ3v) is 4.28. The molecule has 0 fully saturated rings. The molecule has 0 aliphatic carbocycles. The lowest BCUT2D eigenvalue weighted by Crippen LogP contribution is -1.90. The summed E-state index contributed by atoms with van der Waals surface area (Å²) in [7, 11) is 0. The fourth-order valence-corrected chi connectivity index (χ4v) is 3.21. The predicted octanol–water partition coefficient (Wildman–Crippen LogP) is 5.41. The molecule has 3 nitrogen and oxygen atoms in total. The number of fused-ring (bicyclic) bond motifs is 3. The molecule has 0 radical (unpaired) electrons. The van der Waals surface area contributed by atoms with E-state index in [0.717, 1.165) is 33.8 Å². The Bertz CT molecular complexity index is 1140. The van der Waals surface area contributed by atoms with Crippen molar-refractivity contribution < 1.29 is 4.42 Å². The summed E-state index contributed by atoms with van der Waals surface area (Å²) in [5.41, 5.74) is 6.05. The van der Waals surface area contributed by atoms with Gasteiger partial charge in [0.15, 0.2) is 5.58 Å². The van der Waals surface area contributed by atoms with Gasteiger partial charge in [-0.15, -0.1) is 0 Å². The number of hydrogen-bond donors (Lipinski definition) is 0. The average molecular weight is 310 g/mol. The van der Waals surface area contributed by atoms with E-state index in [1.54, 1.807) is 6.20 Å². The second-order valence-corrected chi connectivity index (χ2v) is 5.74. The Kier molecular flexibility index (Phi) is 2.79. The highest BCUT2D eigenvalue weighted by Gasteiger charge is 2.16. The third-order valence-electron chi connectivity index (χ3n) is 4.28. The monoisotopic (exact) mass is 310 g/mol. The largest absolute Gasteiger partial charge is 0.436 e. The zero-order valence-corrected chi connectivity index (χ0v) is 12.9. The van der Waals surface area contributed by atoms with Crippen LogP contribution in [-0.2, 0) is 0 Å². The van der Waals surface area contributed by atoms with E-state index >= 15 is 0 Å². The topological polar surface area (TPSA) is 30.4 Å².